The standard InChI is InChI=1S/C21H16N8/c1-13-17(9-25-28-13)19-10-24-21-20(27-19)18(8-23-21)16-7-26-29(12-16)11-15-5-3-2-4-14(15)6-22/h2-5,7-10,12H,11H2,1H3,(H,23,24)(H,25,28). The lowest BCUT2D eigenvalue weighted by Crippen LogP contribution is -2.01. The summed E-state index contributed by atoms with van der Waals surface area (Å²) in [6.45, 7) is 2.48. The molecule has 0 aliphatic carbocycles. The third-order valence-corrected chi connectivity index (χ3v) is 4.90. The second-order valence-electron chi connectivity index (χ2n) is 6.76. The molecule has 8 nitrogen and oxygen atoms in total. The molecule has 0 amide bonds. The lowest BCUT2D eigenvalue weighted by molar-refractivity contribution is 0.686. The molecule has 4 heterocycles. The fourth-order valence-electron chi connectivity index (χ4n) is 3.38. The Morgan fingerprint density at radius 2 is 2.03 bits per heavy atom. The van der Waals surface area contributed by atoms with E-state index in [0.29, 0.717) is 17.8 Å². The summed E-state index contributed by atoms with van der Waals surface area (Å²) in [7, 11) is 0. The third kappa shape index (κ3) is 2.95. The molecule has 0 aliphatic heterocycles. The van der Waals surface area contributed by atoms with E-state index in [0.717, 1.165) is 39.2 Å². The first-order chi connectivity index (χ1) is 14.2. The summed E-state index contributed by atoms with van der Waals surface area (Å²) in [4.78, 5) is 12.5. The number of benzene rings is 1. The molecule has 8 heteroatoms. The number of aromatic nitrogens is 7. The van der Waals surface area contributed by atoms with Crippen molar-refractivity contribution in [1.82, 2.24) is 34.9 Å². The fraction of sp³-hybridized carbons (Fsp3) is 0.0952. The van der Waals surface area contributed by atoms with Crippen LogP contribution in [-0.4, -0.2) is 34.9 Å². The monoisotopic (exact) mass is 380 g/mol. The van der Waals surface area contributed by atoms with Crippen LogP contribution < -0.4 is 0 Å². The van der Waals surface area contributed by atoms with Crippen molar-refractivity contribution in [2.75, 3.05) is 0 Å². The molecule has 0 saturated carbocycles. The van der Waals surface area contributed by atoms with Crippen molar-refractivity contribution in [3.05, 3.63) is 72.1 Å². The Hall–Kier alpha value is -4.25. The number of nitrogens with zero attached hydrogens (tertiary/aromatic N) is 6. The molecule has 0 unspecified atom stereocenters. The Morgan fingerprint density at radius 3 is 2.86 bits per heavy atom. The van der Waals surface area contributed by atoms with E-state index in [1.165, 1.54) is 0 Å². The quantitative estimate of drug-likeness (QED) is 0.496. The lowest BCUT2D eigenvalue weighted by Gasteiger charge is -2.03. The molecule has 0 bridgehead atoms. The highest BCUT2D eigenvalue weighted by Gasteiger charge is 2.14. The van der Waals surface area contributed by atoms with E-state index in [1.54, 1.807) is 18.6 Å². The second kappa shape index (κ2) is 6.73. The molecule has 0 radical (unpaired) electrons. The Morgan fingerprint density at radius 1 is 1.14 bits per heavy atom. The van der Waals surface area contributed by atoms with Gasteiger partial charge in [0, 0.05) is 34.8 Å². The molecule has 140 valence electrons. The van der Waals surface area contributed by atoms with E-state index in [2.05, 4.69) is 31.3 Å². The topological polar surface area (TPSA) is 112 Å². The van der Waals surface area contributed by atoms with Crippen LogP contribution in [0.15, 0.2) is 55.2 Å². The molecular formula is C21H16N8. The molecule has 1 aromatic carbocycles. The fourth-order valence-corrected chi connectivity index (χ4v) is 3.38. The predicted molar refractivity (Wildman–Crippen MR) is 108 cm³/mol. The maximum Gasteiger partial charge on any atom is 0.156 e. The van der Waals surface area contributed by atoms with E-state index in [1.807, 2.05) is 48.3 Å². The van der Waals surface area contributed by atoms with Crippen LogP contribution in [0.3, 0.4) is 0 Å². The zero-order valence-electron chi connectivity index (χ0n) is 15.6. The second-order valence-corrected chi connectivity index (χ2v) is 6.76. The number of aromatic amines is 2. The smallest absolute Gasteiger partial charge is 0.156 e. The highest BCUT2D eigenvalue weighted by atomic mass is 15.3. The van der Waals surface area contributed by atoms with Gasteiger partial charge in [0.25, 0.3) is 0 Å². The number of nitriles is 1. The van der Waals surface area contributed by atoms with Crippen molar-refractivity contribution >= 4 is 11.2 Å². The van der Waals surface area contributed by atoms with Crippen molar-refractivity contribution in [1.29, 1.82) is 5.26 Å². The summed E-state index contributed by atoms with van der Waals surface area (Å²) in [6, 6.07) is 9.77. The van der Waals surface area contributed by atoms with Gasteiger partial charge in [-0.1, -0.05) is 18.2 Å². The van der Waals surface area contributed by atoms with Crippen LogP contribution in [0.4, 0.5) is 0 Å². The molecule has 0 aliphatic rings. The van der Waals surface area contributed by atoms with Crippen LogP contribution in [0.25, 0.3) is 33.5 Å². The van der Waals surface area contributed by atoms with Crippen LogP contribution in [0.2, 0.25) is 0 Å². The molecule has 2 N–H and O–H groups in total. The van der Waals surface area contributed by atoms with Gasteiger partial charge in [-0.05, 0) is 18.6 Å². The van der Waals surface area contributed by atoms with E-state index >= 15 is 0 Å². The van der Waals surface area contributed by atoms with Crippen LogP contribution in [0.1, 0.15) is 16.8 Å². The predicted octanol–water partition coefficient (Wildman–Crippen LogP) is 3.44. The summed E-state index contributed by atoms with van der Waals surface area (Å²) in [5, 5.41) is 20.8. The maximum absolute atomic E-state index is 9.29. The molecule has 5 rings (SSSR count). The number of H-pyrrole nitrogens is 2. The summed E-state index contributed by atoms with van der Waals surface area (Å²) in [5.74, 6) is 0. The minimum atomic E-state index is 0.525. The minimum Gasteiger partial charge on any atom is -0.344 e. The Bertz CT molecular complexity index is 1360. The minimum absolute atomic E-state index is 0.525. The van der Waals surface area contributed by atoms with Gasteiger partial charge in [0.05, 0.1) is 42.5 Å². The summed E-state index contributed by atoms with van der Waals surface area (Å²) >= 11 is 0. The van der Waals surface area contributed by atoms with Crippen molar-refractivity contribution in [2.45, 2.75) is 13.5 Å². The van der Waals surface area contributed by atoms with Gasteiger partial charge in [0.2, 0.25) is 0 Å². The molecular weight excluding hydrogens is 364 g/mol. The van der Waals surface area contributed by atoms with Gasteiger partial charge in [0.15, 0.2) is 5.65 Å². The Labute approximate surface area is 165 Å². The summed E-state index contributed by atoms with van der Waals surface area (Å²) < 4.78 is 1.82. The highest BCUT2D eigenvalue weighted by molar-refractivity contribution is 5.91. The van der Waals surface area contributed by atoms with Gasteiger partial charge in [-0.2, -0.15) is 15.5 Å². The number of fused-ring (bicyclic) bond motifs is 1. The zero-order valence-corrected chi connectivity index (χ0v) is 15.6. The SMILES string of the molecule is Cc1[nH]ncc1-c1cnc2[nH]cc(-c3cnn(Cc4ccccc4C#N)c3)c2n1. The molecule has 5 aromatic rings. The van der Waals surface area contributed by atoms with Crippen molar-refractivity contribution in [3.63, 3.8) is 0 Å². The molecule has 0 spiro atoms. The largest absolute Gasteiger partial charge is 0.344 e. The van der Waals surface area contributed by atoms with Gasteiger partial charge in [0.1, 0.15) is 5.52 Å². The molecule has 4 aromatic heterocycles. The lowest BCUT2D eigenvalue weighted by atomic mass is 10.1. The molecule has 0 atom stereocenters. The Balaban J connectivity index is 1.52. The van der Waals surface area contributed by atoms with Crippen molar-refractivity contribution in [2.24, 2.45) is 0 Å². The van der Waals surface area contributed by atoms with Crippen LogP contribution in [0.5, 0.6) is 0 Å². The van der Waals surface area contributed by atoms with Crippen LogP contribution in [-0.2, 0) is 6.54 Å². The van der Waals surface area contributed by atoms with E-state index < -0.39 is 0 Å². The Kier molecular flexibility index (Phi) is 3.92. The third-order valence-electron chi connectivity index (χ3n) is 4.90. The van der Waals surface area contributed by atoms with Crippen LogP contribution >= 0.6 is 0 Å². The molecule has 0 fully saturated rings. The van der Waals surface area contributed by atoms with Gasteiger partial charge < -0.3 is 4.98 Å². The maximum atomic E-state index is 9.29. The number of rotatable bonds is 4. The average molecular weight is 380 g/mol. The van der Waals surface area contributed by atoms with E-state index in [-0.39, 0.29) is 0 Å². The molecule has 29 heavy (non-hydrogen) atoms. The van der Waals surface area contributed by atoms with Crippen molar-refractivity contribution < 1.29 is 0 Å². The first kappa shape index (κ1) is 16.9. The molecule has 0 saturated heterocycles. The number of hydrogen-bond acceptors (Lipinski definition) is 5. The van der Waals surface area contributed by atoms with Gasteiger partial charge in [-0.25, -0.2) is 9.97 Å². The van der Waals surface area contributed by atoms with Gasteiger partial charge in [-0.3, -0.25) is 9.78 Å². The van der Waals surface area contributed by atoms with Gasteiger partial charge in [-0.15, -0.1) is 0 Å². The first-order valence-corrected chi connectivity index (χ1v) is 9.08. The van der Waals surface area contributed by atoms with Gasteiger partial charge >= 0.3 is 0 Å². The summed E-state index contributed by atoms with van der Waals surface area (Å²) in [6.07, 6.45) is 9.13. The zero-order chi connectivity index (χ0) is 19.8. The van der Waals surface area contributed by atoms with Crippen LogP contribution in [0, 0.1) is 18.3 Å². The average Bonchev–Trinajstić information content (AvgIpc) is 3.47. The number of aryl methyl sites for hydroxylation is 1. The highest BCUT2D eigenvalue weighted by Crippen LogP contribution is 2.28. The number of nitrogens with one attached hydrogen (secondary N) is 2. The van der Waals surface area contributed by atoms with Crippen molar-refractivity contribution in [3.8, 4) is 28.5 Å². The summed E-state index contributed by atoms with van der Waals surface area (Å²) in [5.41, 5.74) is 7.57. The number of hydrogen-bond donors (Lipinski definition) is 2. The first-order valence-electron chi connectivity index (χ1n) is 9.08. The normalized spacial score (nSPS) is 11.0. The van der Waals surface area contributed by atoms with E-state index in [4.69, 9.17) is 4.98 Å². The van der Waals surface area contributed by atoms with E-state index in [9.17, 15) is 5.26 Å².